The normalized spacial score (nSPS) is 10.1. The zero-order chi connectivity index (χ0) is 13.4. The molecule has 0 spiro atoms. The molecule has 1 amide bonds. The van der Waals surface area contributed by atoms with E-state index in [9.17, 15) is 4.79 Å². The maximum absolute atomic E-state index is 11.4. The van der Waals surface area contributed by atoms with Gasteiger partial charge in [0.2, 0.25) is 5.91 Å². The molecular weight excluding hydrogens is 230 g/mol. The summed E-state index contributed by atoms with van der Waals surface area (Å²) >= 11 is 0. The first-order valence-corrected chi connectivity index (χ1v) is 5.50. The molecule has 1 N–H and O–H groups in total. The predicted octanol–water partition coefficient (Wildman–Crippen LogP) is 2.02. The van der Waals surface area contributed by atoms with Gasteiger partial charge in [-0.2, -0.15) is 0 Å². The molecule has 0 aliphatic carbocycles. The van der Waals surface area contributed by atoms with Crippen molar-refractivity contribution in [2.24, 2.45) is 0 Å². The quantitative estimate of drug-likeness (QED) is 0.618. The predicted molar refractivity (Wildman–Crippen MR) is 71.8 cm³/mol. The van der Waals surface area contributed by atoms with Crippen molar-refractivity contribution >= 4 is 12.0 Å². The highest BCUT2D eigenvalue weighted by Gasteiger charge is 2.06. The number of rotatable bonds is 6. The third-order valence-electron chi connectivity index (χ3n) is 2.29. The fourth-order valence-electron chi connectivity index (χ4n) is 1.43. The van der Waals surface area contributed by atoms with Crippen molar-refractivity contribution in [3.05, 3.63) is 42.5 Å². The van der Waals surface area contributed by atoms with Crippen LogP contribution in [0.25, 0.3) is 6.08 Å². The Morgan fingerprint density at radius 2 is 1.94 bits per heavy atom. The number of methoxy groups -OCH3 is 2. The molecular formula is C14H17NO3. The molecule has 0 heterocycles. The number of benzene rings is 1. The Morgan fingerprint density at radius 3 is 2.44 bits per heavy atom. The van der Waals surface area contributed by atoms with Crippen molar-refractivity contribution in [2.45, 2.75) is 0 Å². The number of hydrogen-bond donors (Lipinski definition) is 1. The van der Waals surface area contributed by atoms with Gasteiger partial charge in [0, 0.05) is 12.6 Å². The lowest BCUT2D eigenvalue weighted by molar-refractivity contribution is -0.116. The van der Waals surface area contributed by atoms with Gasteiger partial charge in [-0.1, -0.05) is 12.1 Å². The van der Waals surface area contributed by atoms with Crippen molar-refractivity contribution < 1.29 is 14.3 Å². The number of hydrogen-bond acceptors (Lipinski definition) is 3. The van der Waals surface area contributed by atoms with Gasteiger partial charge in [-0.25, -0.2) is 0 Å². The average Bonchev–Trinajstić information content (AvgIpc) is 2.42. The molecule has 18 heavy (non-hydrogen) atoms. The largest absolute Gasteiger partial charge is 0.496 e. The summed E-state index contributed by atoms with van der Waals surface area (Å²) < 4.78 is 10.4. The zero-order valence-corrected chi connectivity index (χ0v) is 10.6. The van der Waals surface area contributed by atoms with Crippen LogP contribution in [0.2, 0.25) is 0 Å². The number of nitrogens with one attached hydrogen (secondary N) is 1. The molecule has 0 atom stereocenters. The highest BCUT2D eigenvalue weighted by molar-refractivity contribution is 5.92. The Balaban J connectivity index is 2.91. The molecule has 0 fully saturated rings. The molecule has 0 saturated carbocycles. The molecule has 1 aromatic carbocycles. The van der Waals surface area contributed by atoms with E-state index in [4.69, 9.17) is 9.47 Å². The second-order valence-electron chi connectivity index (χ2n) is 3.44. The van der Waals surface area contributed by atoms with E-state index in [1.54, 1.807) is 26.4 Å². The van der Waals surface area contributed by atoms with Gasteiger partial charge in [-0.3, -0.25) is 4.79 Å². The summed E-state index contributed by atoms with van der Waals surface area (Å²) in [5.41, 5.74) is 0.733. The van der Waals surface area contributed by atoms with E-state index in [0.717, 1.165) is 5.56 Å². The van der Waals surface area contributed by atoms with Crippen LogP contribution in [0.1, 0.15) is 5.56 Å². The SMILES string of the molecule is C=CCNC(=O)C=Cc1c(OC)cccc1OC. The Hall–Kier alpha value is -2.23. The summed E-state index contributed by atoms with van der Waals surface area (Å²) in [5.74, 6) is 1.12. The fraction of sp³-hybridized carbons (Fsp3) is 0.214. The van der Waals surface area contributed by atoms with Crippen molar-refractivity contribution in [2.75, 3.05) is 20.8 Å². The second-order valence-corrected chi connectivity index (χ2v) is 3.44. The number of carbonyl (C=O) groups excluding carboxylic acids is 1. The lowest BCUT2D eigenvalue weighted by Crippen LogP contribution is -2.20. The Bertz CT molecular complexity index is 430. The highest BCUT2D eigenvalue weighted by atomic mass is 16.5. The van der Waals surface area contributed by atoms with Gasteiger partial charge >= 0.3 is 0 Å². The molecule has 4 nitrogen and oxygen atoms in total. The van der Waals surface area contributed by atoms with Crippen molar-refractivity contribution in [3.63, 3.8) is 0 Å². The van der Waals surface area contributed by atoms with Crippen LogP contribution in [0.3, 0.4) is 0 Å². The Labute approximate surface area is 107 Å². The minimum absolute atomic E-state index is 0.192. The molecule has 0 aliphatic rings. The van der Waals surface area contributed by atoms with Crippen molar-refractivity contribution in [3.8, 4) is 11.5 Å². The van der Waals surface area contributed by atoms with Crippen LogP contribution < -0.4 is 14.8 Å². The van der Waals surface area contributed by atoms with Crippen LogP contribution in [0.4, 0.5) is 0 Å². The third-order valence-corrected chi connectivity index (χ3v) is 2.29. The molecule has 0 aromatic heterocycles. The van der Waals surface area contributed by atoms with Gasteiger partial charge in [-0.15, -0.1) is 6.58 Å². The van der Waals surface area contributed by atoms with Gasteiger partial charge in [0.25, 0.3) is 0 Å². The average molecular weight is 247 g/mol. The molecule has 0 unspecified atom stereocenters. The maximum atomic E-state index is 11.4. The van der Waals surface area contributed by atoms with Crippen LogP contribution in [0.5, 0.6) is 11.5 Å². The van der Waals surface area contributed by atoms with Gasteiger partial charge in [0.15, 0.2) is 0 Å². The minimum Gasteiger partial charge on any atom is -0.496 e. The van der Waals surface area contributed by atoms with E-state index in [-0.39, 0.29) is 5.91 Å². The zero-order valence-electron chi connectivity index (χ0n) is 10.6. The van der Waals surface area contributed by atoms with E-state index in [2.05, 4.69) is 11.9 Å². The van der Waals surface area contributed by atoms with Crippen molar-refractivity contribution in [1.82, 2.24) is 5.32 Å². The fourth-order valence-corrected chi connectivity index (χ4v) is 1.43. The molecule has 0 saturated heterocycles. The number of amides is 1. The summed E-state index contributed by atoms with van der Waals surface area (Å²) in [6.45, 7) is 3.96. The summed E-state index contributed by atoms with van der Waals surface area (Å²) in [5, 5.41) is 2.65. The van der Waals surface area contributed by atoms with Gasteiger partial charge in [0.05, 0.1) is 19.8 Å². The lowest BCUT2D eigenvalue weighted by Gasteiger charge is -2.09. The van der Waals surface area contributed by atoms with Crippen molar-refractivity contribution in [1.29, 1.82) is 0 Å². The molecule has 96 valence electrons. The van der Waals surface area contributed by atoms with E-state index in [1.807, 2.05) is 18.2 Å². The molecule has 1 rings (SSSR count). The van der Waals surface area contributed by atoms with Crippen LogP contribution in [-0.4, -0.2) is 26.7 Å². The smallest absolute Gasteiger partial charge is 0.244 e. The summed E-state index contributed by atoms with van der Waals surface area (Å²) in [6.07, 6.45) is 4.72. The first-order valence-electron chi connectivity index (χ1n) is 5.50. The van der Waals surface area contributed by atoms with E-state index in [1.165, 1.54) is 6.08 Å². The molecule has 0 aliphatic heterocycles. The molecule has 0 radical (unpaired) electrons. The monoisotopic (exact) mass is 247 g/mol. The topological polar surface area (TPSA) is 47.6 Å². The summed E-state index contributed by atoms with van der Waals surface area (Å²) in [7, 11) is 3.15. The lowest BCUT2D eigenvalue weighted by atomic mass is 10.1. The van der Waals surface area contributed by atoms with Gasteiger partial charge in [-0.05, 0) is 18.2 Å². The third kappa shape index (κ3) is 3.66. The van der Waals surface area contributed by atoms with E-state index < -0.39 is 0 Å². The first kappa shape index (κ1) is 13.8. The van der Waals surface area contributed by atoms with E-state index in [0.29, 0.717) is 18.0 Å². The van der Waals surface area contributed by atoms with Crippen LogP contribution >= 0.6 is 0 Å². The maximum Gasteiger partial charge on any atom is 0.244 e. The molecule has 1 aromatic rings. The van der Waals surface area contributed by atoms with Crippen LogP contribution in [0, 0.1) is 0 Å². The summed E-state index contributed by atoms with van der Waals surface area (Å²) in [4.78, 5) is 11.4. The summed E-state index contributed by atoms with van der Waals surface area (Å²) in [6, 6.07) is 5.44. The first-order chi connectivity index (χ1) is 8.72. The molecule has 4 heteroatoms. The number of carbonyl (C=O) groups is 1. The Morgan fingerprint density at radius 1 is 1.33 bits per heavy atom. The van der Waals surface area contributed by atoms with Crippen LogP contribution in [-0.2, 0) is 4.79 Å². The number of ether oxygens (including phenoxy) is 2. The minimum atomic E-state index is -0.192. The highest BCUT2D eigenvalue weighted by Crippen LogP contribution is 2.29. The Kier molecular flexibility index (Phi) is 5.51. The van der Waals surface area contributed by atoms with E-state index >= 15 is 0 Å². The van der Waals surface area contributed by atoms with Gasteiger partial charge in [0.1, 0.15) is 11.5 Å². The van der Waals surface area contributed by atoms with Gasteiger partial charge < -0.3 is 14.8 Å². The second kappa shape index (κ2) is 7.17. The standard InChI is InChI=1S/C14H17NO3/c1-4-10-15-14(16)9-8-11-12(17-2)6-5-7-13(11)18-3/h4-9H,1,10H2,2-3H3,(H,15,16). The molecule has 0 bridgehead atoms. The van der Waals surface area contributed by atoms with Crippen LogP contribution in [0.15, 0.2) is 36.9 Å².